The van der Waals surface area contributed by atoms with Crippen molar-refractivity contribution >= 4 is 34.4 Å². The SMILES string of the molecule is C.CCC(=O)Cl.CCC(=O)OC1=CC(=O)CC2(CCOCC2)C1.O=C1C=C(O)CC2(CCOCC2)C1. The lowest BCUT2D eigenvalue weighted by atomic mass is 9.70. The Morgan fingerprint density at radius 2 is 1.31 bits per heavy atom. The monoisotopic (exact) mass is 528 g/mol. The molecule has 36 heavy (non-hydrogen) atoms. The Morgan fingerprint density at radius 1 is 0.861 bits per heavy atom. The Bertz CT molecular complexity index is 833. The minimum absolute atomic E-state index is 0. The first-order valence-electron chi connectivity index (χ1n) is 12.3. The third-order valence-electron chi connectivity index (χ3n) is 6.77. The molecule has 0 aromatic rings. The van der Waals surface area contributed by atoms with E-state index in [2.05, 4.69) is 0 Å². The lowest BCUT2D eigenvalue weighted by molar-refractivity contribution is -0.140. The summed E-state index contributed by atoms with van der Waals surface area (Å²) in [6.45, 7) is 6.30. The van der Waals surface area contributed by atoms with Crippen LogP contribution in [0, 0.1) is 10.8 Å². The van der Waals surface area contributed by atoms with Gasteiger partial charge in [0.1, 0.15) is 5.76 Å². The summed E-state index contributed by atoms with van der Waals surface area (Å²) in [7, 11) is 0. The standard InChI is InChI=1S/C13H18O4.C10H14O3.C3H5ClO.CH4/c1-2-12(15)17-11-7-10(14)8-13(9-11)3-5-16-6-4-13;11-8-5-9(12)7-10(6-8)1-3-13-4-2-10;1-2-3(4)5;/h7H,2-6,8-9H2,1H3;5,11H,1-4,6-7H2;2H2,1H3;1H4. The van der Waals surface area contributed by atoms with Gasteiger partial charge in [0.2, 0.25) is 5.24 Å². The predicted molar refractivity (Wildman–Crippen MR) is 137 cm³/mol. The number of carbonyl (C=O) groups is 4. The molecule has 2 heterocycles. The Kier molecular flexibility index (Phi) is 13.6. The van der Waals surface area contributed by atoms with Crippen LogP contribution in [0.25, 0.3) is 0 Å². The fourth-order valence-electron chi connectivity index (χ4n) is 4.79. The van der Waals surface area contributed by atoms with Crippen molar-refractivity contribution in [2.24, 2.45) is 10.8 Å². The molecular weight excluding hydrogens is 488 g/mol. The maximum Gasteiger partial charge on any atom is 0.310 e. The average Bonchev–Trinajstić information content (AvgIpc) is 2.79. The molecule has 0 bridgehead atoms. The zero-order valence-electron chi connectivity index (χ0n) is 20.7. The topological polar surface area (TPSA) is 116 Å². The molecule has 8 nitrogen and oxygen atoms in total. The lowest BCUT2D eigenvalue weighted by Crippen LogP contribution is -2.35. The van der Waals surface area contributed by atoms with Crippen LogP contribution in [0.3, 0.4) is 0 Å². The highest BCUT2D eigenvalue weighted by molar-refractivity contribution is 6.63. The van der Waals surface area contributed by atoms with Crippen LogP contribution in [0.4, 0.5) is 0 Å². The molecule has 204 valence electrons. The van der Waals surface area contributed by atoms with Crippen LogP contribution in [0.15, 0.2) is 23.7 Å². The normalized spacial score (nSPS) is 22.0. The first-order chi connectivity index (χ1) is 16.6. The number of halogens is 1. The summed E-state index contributed by atoms with van der Waals surface area (Å²) < 4.78 is 15.8. The smallest absolute Gasteiger partial charge is 0.310 e. The van der Waals surface area contributed by atoms with Gasteiger partial charge in [-0.1, -0.05) is 21.3 Å². The van der Waals surface area contributed by atoms with Gasteiger partial charge in [0.25, 0.3) is 0 Å². The number of aliphatic hydroxyl groups is 1. The number of aliphatic hydroxyl groups excluding tert-OH is 1. The predicted octanol–water partition coefficient (Wildman–Crippen LogP) is 5.37. The Hall–Kier alpha value is -2.03. The summed E-state index contributed by atoms with van der Waals surface area (Å²) in [6, 6.07) is 0. The van der Waals surface area contributed by atoms with Crippen LogP contribution in [-0.2, 0) is 33.4 Å². The third kappa shape index (κ3) is 10.5. The molecule has 0 aromatic carbocycles. The minimum Gasteiger partial charge on any atom is -0.512 e. The maximum atomic E-state index is 11.7. The first kappa shape index (κ1) is 32.0. The van der Waals surface area contributed by atoms with Gasteiger partial charge in [-0.15, -0.1) is 0 Å². The van der Waals surface area contributed by atoms with Crippen LogP contribution < -0.4 is 0 Å². The van der Waals surface area contributed by atoms with Gasteiger partial charge in [-0.3, -0.25) is 19.2 Å². The highest BCUT2D eigenvalue weighted by Crippen LogP contribution is 2.43. The van der Waals surface area contributed by atoms with Crippen LogP contribution in [0.1, 0.15) is 85.5 Å². The highest BCUT2D eigenvalue weighted by Gasteiger charge is 2.39. The molecule has 2 fully saturated rings. The van der Waals surface area contributed by atoms with Gasteiger partial charge < -0.3 is 19.3 Å². The van der Waals surface area contributed by atoms with Crippen molar-refractivity contribution in [3.63, 3.8) is 0 Å². The minimum atomic E-state index is -0.273. The molecule has 0 atom stereocenters. The van der Waals surface area contributed by atoms with Crippen molar-refractivity contribution in [1.82, 2.24) is 0 Å². The molecule has 2 aliphatic carbocycles. The number of rotatable bonds is 3. The van der Waals surface area contributed by atoms with Gasteiger partial charge in [-0.25, -0.2) is 0 Å². The number of hydrogen-bond donors (Lipinski definition) is 1. The molecule has 2 saturated heterocycles. The number of hydrogen-bond acceptors (Lipinski definition) is 8. The quantitative estimate of drug-likeness (QED) is 0.384. The summed E-state index contributed by atoms with van der Waals surface area (Å²) in [5.74, 6) is 0.643. The molecule has 4 aliphatic rings. The summed E-state index contributed by atoms with van der Waals surface area (Å²) in [5.41, 5.74) is -0.0262. The largest absolute Gasteiger partial charge is 0.512 e. The van der Waals surface area contributed by atoms with Crippen molar-refractivity contribution in [2.75, 3.05) is 26.4 Å². The zero-order valence-corrected chi connectivity index (χ0v) is 21.5. The third-order valence-corrected chi connectivity index (χ3v) is 7.04. The first-order valence-corrected chi connectivity index (χ1v) is 12.7. The van der Waals surface area contributed by atoms with E-state index >= 15 is 0 Å². The summed E-state index contributed by atoms with van der Waals surface area (Å²) in [4.78, 5) is 43.8. The average molecular weight is 529 g/mol. The van der Waals surface area contributed by atoms with E-state index in [1.165, 1.54) is 12.2 Å². The van der Waals surface area contributed by atoms with Crippen molar-refractivity contribution in [3.05, 3.63) is 23.7 Å². The molecule has 0 aromatic heterocycles. The summed E-state index contributed by atoms with van der Waals surface area (Å²) >= 11 is 4.82. The molecule has 0 unspecified atom stereocenters. The number of allylic oxidation sites excluding steroid dienone is 4. The fourth-order valence-corrected chi connectivity index (χ4v) is 4.79. The van der Waals surface area contributed by atoms with Crippen LogP contribution in [0.5, 0.6) is 0 Å². The molecule has 0 amide bonds. The van der Waals surface area contributed by atoms with Crippen LogP contribution in [0.2, 0.25) is 0 Å². The molecule has 0 saturated carbocycles. The second-order valence-electron chi connectivity index (χ2n) is 9.65. The van der Waals surface area contributed by atoms with E-state index < -0.39 is 0 Å². The molecular formula is C27H41ClO8. The Morgan fingerprint density at radius 3 is 1.72 bits per heavy atom. The van der Waals surface area contributed by atoms with Crippen LogP contribution >= 0.6 is 11.6 Å². The van der Waals surface area contributed by atoms with Gasteiger partial charge in [-0.2, -0.15) is 0 Å². The van der Waals surface area contributed by atoms with E-state index in [4.69, 9.17) is 25.8 Å². The molecule has 9 heteroatoms. The molecule has 4 rings (SSSR count). The van der Waals surface area contributed by atoms with E-state index in [0.717, 1.165) is 38.9 Å². The van der Waals surface area contributed by atoms with Gasteiger partial charge in [0.05, 0.1) is 5.76 Å². The summed E-state index contributed by atoms with van der Waals surface area (Å²) in [6.07, 6.45) is 9.64. The number of carbonyl (C=O) groups excluding carboxylic acids is 4. The van der Waals surface area contributed by atoms with Crippen molar-refractivity contribution in [3.8, 4) is 0 Å². The molecule has 2 spiro atoms. The van der Waals surface area contributed by atoms with E-state index in [1.807, 2.05) is 0 Å². The van der Waals surface area contributed by atoms with E-state index in [-0.39, 0.29) is 46.8 Å². The second-order valence-corrected chi connectivity index (χ2v) is 10.1. The van der Waals surface area contributed by atoms with Crippen molar-refractivity contribution in [2.45, 2.75) is 85.5 Å². The van der Waals surface area contributed by atoms with E-state index in [1.54, 1.807) is 13.8 Å². The van der Waals surface area contributed by atoms with Gasteiger partial charge in [0, 0.05) is 77.1 Å². The van der Waals surface area contributed by atoms with Crippen molar-refractivity contribution in [1.29, 1.82) is 0 Å². The number of ether oxygens (including phenoxy) is 3. The number of ketones is 2. The van der Waals surface area contributed by atoms with Crippen molar-refractivity contribution < 1.29 is 38.5 Å². The van der Waals surface area contributed by atoms with Gasteiger partial charge in [0.15, 0.2) is 11.6 Å². The maximum absolute atomic E-state index is 11.7. The van der Waals surface area contributed by atoms with Gasteiger partial charge in [-0.05, 0) is 48.1 Å². The van der Waals surface area contributed by atoms with E-state index in [9.17, 15) is 24.3 Å². The zero-order chi connectivity index (χ0) is 25.9. The number of esters is 1. The second kappa shape index (κ2) is 15.3. The molecule has 1 N–H and O–H groups in total. The lowest BCUT2D eigenvalue weighted by Gasteiger charge is -2.38. The molecule has 2 aliphatic heterocycles. The van der Waals surface area contributed by atoms with E-state index in [0.29, 0.717) is 57.5 Å². The Labute approximate surface area is 219 Å². The van der Waals surface area contributed by atoms with Crippen LogP contribution in [-0.4, -0.2) is 54.3 Å². The molecule has 0 radical (unpaired) electrons. The summed E-state index contributed by atoms with van der Waals surface area (Å²) in [5, 5.41) is 9.12. The fraction of sp³-hybridized carbons (Fsp3) is 0.704. The van der Waals surface area contributed by atoms with Gasteiger partial charge >= 0.3 is 5.97 Å². The Balaban J connectivity index is 0.000000303. The highest BCUT2D eigenvalue weighted by atomic mass is 35.5.